The number of aliphatic carboxylic acids is 1. The number of primary amides is 1. The Morgan fingerprint density at radius 1 is 0.951 bits per heavy atom. The van der Waals surface area contributed by atoms with Crippen molar-refractivity contribution in [3.8, 4) is 0 Å². The van der Waals surface area contributed by atoms with Crippen LogP contribution < -0.4 is 10.5 Å². The Morgan fingerprint density at radius 3 is 1.93 bits per heavy atom. The molecule has 3 aromatic carbocycles. The van der Waals surface area contributed by atoms with Crippen LogP contribution in [0.3, 0.4) is 0 Å². The van der Waals surface area contributed by atoms with E-state index in [-0.39, 0.29) is 37.4 Å². The third kappa shape index (κ3) is 5.98. The fraction of sp³-hybridized carbons (Fsp3) is 0.231. The summed E-state index contributed by atoms with van der Waals surface area (Å²) in [6.45, 7) is 1.68. The van der Waals surface area contributed by atoms with Crippen LogP contribution in [-0.2, 0) is 35.3 Å². The molecule has 0 radical (unpaired) electrons. The Morgan fingerprint density at radius 2 is 1.46 bits per heavy atom. The van der Waals surface area contributed by atoms with Gasteiger partial charge in [-0.15, -0.1) is 11.8 Å². The van der Waals surface area contributed by atoms with Gasteiger partial charge < -0.3 is 10.8 Å². The third-order valence-corrected chi connectivity index (χ3v) is 12.0. The van der Waals surface area contributed by atoms with E-state index in [9.17, 15) is 31.5 Å². The van der Waals surface area contributed by atoms with Gasteiger partial charge in [-0.3, -0.25) is 9.59 Å². The summed E-state index contributed by atoms with van der Waals surface area (Å²) in [5, 5.41) is 10.1. The molecule has 2 aliphatic rings. The molecule has 0 aromatic heterocycles. The second-order valence-electron chi connectivity index (χ2n) is 9.12. The lowest BCUT2D eigenvalue weighted by Gasteiger charge is -2.49. The summed E-state index contributed by atoms with van der Waals surface area (Å²) in [7, 11) is -9.25. The zero-order chi connectivity index (χ0) is 30.2. The molecule has 4 N–H and O–H groups in total. The zero-order valence-electron chi connectivity index (χ0n) is 21.4. The largest absolute Gasteiger partial charge is 0.481 e. The van der Waals surface area contributed by atoms with E-state index in [0.717, 1.165) is 16.1 Å². The molecule has 41 heavy (non-hydrogen) atoms. The SMILES string of the molecule is CCC(SCN(C1(NS(=O)(=O)c2ccc(Cl)cc2)c2ccc(cc2)C1C(=O)O)S(=O)(=O)c1ccc(Cl)cc1)C(N)=O. The highest BCUT2D eigenvalue weighted by molar-refractivity contribution is 8.01. The quantitative estimate of drug-likeness (QED) is 0.246. The maximum absolute atomic E-state index is 14.4. The van der Waals surface area contributed by atoms with Gasteiger partial charge in [-0.25, -0.2) is 16.8 Å². The molecule has 0 fully saturated rings. The highest BCUT2D eigenvalue weighted by Crippen LogP contribution is 2.49. The number of nitrogens with two attached hydrogens (primary N) is 1. The van der Waals surface area contributed by atoms with Crippen LogP contribution in [0, 0.1) is 0 Å². The van der Waals surface area contributed by atoms with Crippen molar-refractivity contribution in [2.75, 3.05) is 5.88 Å². The highest BCUT2D eigenvalue weighted by Gasteiger charge is 2.58. The van der Waals surface area contributed by atoms with Crippen LogP contribution in [0.4, 0.5) is 0 Å². The van der Waals surface area contributed by atoms with E-state index in [1.165, 1.54) is 72.8 Å². The summed E-state index contributed by atoms with van der Waals surface area (Å²) in [4.78, 5) is 24.4. The topological polar surface area (TPSA) is 164 Å². The summed E-state index contributed by atoms with van der Waals surface area (Å²) in [5.41, 5.74) is 3.35. The molecular weight excluding hydrogens is 633 g/mol. The second-order valence-corrected chi connectivity index (χ2v) is 14.7. The molecule has 0 saturated carbocycles. The van der Waals surface area contributed by atoms with Crippen LogP contribution in [0.5, 0.6) is 0 Å². The first-order valence-electron chi connectivity index (χ1n) is 12.1. The minimum absolute atomic E-state index is 0.0581. The molecule has 2 aliphatic carbocycles. The van der Waals surface area contributed by atoms with Gasteiger partial charge in [-0.05, 0) is 66.1 Å². The Balaban J connectivity index is 2.00. The molecule has 0 aliphatic heterocycles. The van der Waals surface area contributed by atoms with Gasteiger partial charge in [0.15, 0.2) is 0 Å². The maximum atomic E-state index is 14.4. The van der Waals surface area contributed by atoms with Gasteiger partial charge in [0.25, 0.3) is 0 Å². The van der Waals surface area contributed by atoms with Gasteiger partial charge in [0.2, 0.25) is 26.0 Å². The van der Waals surface area contributed by atoms with Crippen molar-refractivity contribution in [3.63, 3.8) is 0 Å². The summed E-state index contributed by atoms with van der Waals surface area (Å²) in [6, 6.07) is 16.1. The van der Waals surface area contributed by atoms with Crippen LogP contribution in [0.25, 0.3) is 0 Å². The van der Waals surface area contributed by atoms with Crippen LogP contribution in [0.1, 0.15) is 30.4 Å². The lowest BCUT2D eigenvalue weighted by Crippen LogP contribution is -2.65. The smallest absolute Gasteiger partial charge is 0.314 e. The summed E-state index contributed by atoms with van der Waals surface area (Å²) >= 11 is 12.8. The summed E-state index contributed by atoms with van der Waals surface area (Å²) in [5.74, 6) is -4.42. The van der Waals surface area contributed by atoms with Gasteiger partial charge in [-0.2, -0.15) is 9.03 Å². The van der Waals surface area contributed by atoms with E-state index in [1.54, 1.807) is 6.92 Å². The third-order valence-electron chi connectivity index (χ3n) is 6.64. The number of carboxylic acid groups (broad SMARTS) is 1. The van der Waals surface area contributed by atoms with Crippen molar-refractivity contribution in [2.24, 2.45) is 5.73 Å². The number of fused-ring (bicyclic) bond motifs is 3. The fourth-order valence-electron chi connectivity index (χ4n) is 4.65. The number of nitrogens with zero attached hydrogens (tertiary/aromatic N) is 1. The van der Waals surface area contributed by atoms with E-state index in [0.29, 0.717) is 0 Å². The number of benzene rings is 3. The number of hydrogen-bond donors (Lipinski definition) is 3. The maximum Gasteiger partial charge on any atom is 0.314 e. The van der Waals surface area contributed by atoms with Crippen LogP contribution >= 0.6 is 35.0 Å². The first kappa shape index (κ1) is 31.3. The number of halogens is 2. The molecule has 0 spiro atoms. The molecule has 15 heteroatoms. The lowest BCUT2D eigenvalue weighted by molar-refractivity contribution is -0.142. The molecule has 3 unspecified atom stereocenters. The monoisotopic (exact) mass is 657 g/mol. The Labute approximate surface area is 251 Å². The first-order chi connectivity index (χ1) is 19.2. The van der Waals surface area contributed by atoms with Gasteiger partial charge in [0.1, 0.15) is 11.6 Å². The lowest BCUT2D eigenvalue weighted by atomic mass is 9.76. The van der Waals surface area contributed by atoms with Gasteiger partial charge in [0.05, 0.1) is 20.9 Å². The van der Waals surface area contributed by atoms with Crippen molar-refractivity contribution < 1.29 is 31.5 Å². The molecule has 3 atom stereocenters. The summed E-state index contributed by atoms with van der Waals surface area (Å²) in [6.07, 6.45) is 0.244. The van der Waals surface area contributed by atoms with Gasteiger partial charge in [-0.1, -0.05) is 54.4 Å². The van der Waals surface area contributed by atoms with Crippen molar-refractivity contribution in [1.82, 2.24) is 9.03 Å². The fourth-order valence-corrected chi connectivity index (χ4v) is 9.35. The number of rotatable bonds is 12. The molecular formula is C26H25Cl2N3O7S3. The number of amides is 1. The summed E-state index contributed by atoms with van der Waals surface area (Å²) < 4.78 is 59.6. The minimum Gasteiger partial charge on any atom is -0.481 e. The number of carboxylic acids is 1. The average molecular weight is 659 g/mol. The number of hydrogen-bond acceptors (Lipinski definition) is 7. The van der Waals surface area contributed by atoms with Gasteiger partial charge >= 0.3 is 5.97 Å². The zero-order valence-corrected chi connectivity index (χ0v) is 25.4. The van der Waals surface area contributed by atoms with Crippen molar-refractivity contribution in [2.45, 2.75) is 40.0 Å². The molecule has 5 rings (SSSR count). The number of carbonyl (C=O) groups excluding carboxylic acids is 1. The molecule has 10 nitrogen and oxygen atoms in total. The Hall–Kier alpha value is -2.65. The molecule has 0 heterocycles. The van der Waals surface area contributed by atoms with E-state index in [1.807, 2.05) is 0 Å². The molecule has 3 aromatic rings. The number of carbonyl (C=O) groups is 2. The highest BCUT2D eigenvalue weighted by atomic mass is 35.5. The normalized spacial score (nSPS) is 19.3. The van der Waals surface area contributed by atoms with E-state index in [4.69, 9.17) is 28.9 Å². The number of nitrogens with one attached hydrogen (secondary N) is 1. The molecule has 0 saturated heterocycles. The van der Waals surface area contributed by atoms with Crippen molar-refractivity contribution >= 4 is 66.9 Å². The van der Waals surface area contributed by atoms with Crippen LogP contribution in [-0.4, -0.2) is 49.3 Å². The first-order valence-corrected chi connectivity index (χ1v) is 16.8. The molecule has 2 bridgehead atoms. The molecule has 218 valence electrons. The Kier molecular flexibility index (Phi) is 9.10. The van der Waals surface area contributed by atoms with E-state index in [2.05, 4.69) is 4.72 Å². The minimum atomic E-state index is -4.67. The van der Waals surface area contributed by atoms with E-state index < -0.39 is 54.6 Å². The predicted octanol–water partition coefficient (Wildman–Crippen LogP) is 3.95. The second kappa shape index (κ2) is 11.9. The van der Waals surface area contributed by atoms with E-state index >= 15 is 0 Å². The van der Waals surface area contributed by atoms with Crippen LogP contribution in [0.2, 0.25) is 10.0 Å². The average Bonchev–Trinajstić information content (AvgIpc) is 2.91. The number of sulfonamides is 2. The van der Waals surface area contributed by atoms with Crippen LogP contribution in [0.15, 0.2) is 82.6 Å². The Bertz CT molecular complexity index is 1670. The predicted molar refractivity (Wildman–Crippen MR) is 156 cm³/mol. The standard InChI is InChI=1S/C26H25Cl2N3O7S3/c1-2-22(24(29)32)39-15-31(41(37,38)21-13-9-19(28)10-14-21)26(17-5-3-16(4-6-17)23(26)25(33)34)30-40(35,36)20-11-7-18(27)8-12-20/h3-14,22-23,30H,2,15H2,1H3,(H2,29,32)(H,33,34). The number of thioether (sulfide) groups is 1. The van der Waals surface area contributed by atoms with Crippen molar-refractivity contribution in [3.05, 3.63) is 94.0 Å². The van der Waals surface area contributed by atoms with Crippen molar-refractivity contribution in [1.29, 1.82) is 0 Å². The molecule has 1 amide bonds. The van der Waals surface area contributed by atoms with Gasteiger partial charge in [0, 0.05) is 10.0 Å².